The number of amides is 1. The van der Waals surface area contributed by atoms with Crippen molar-refractivity contribution in [1.29, 1.82) is 0 Å². The van der Waals surface area contributed by atoms with Gasteiger partial charge in [0.25, 0.3) is 5.91 Å². The molecule has 2 aromatic heterocycles. The molecule has 104 valence electrons. The maximum Gasteiger partial charge on any atom is 0.250 e. The number of rotatable bonds is 3. The molecule has 3 rings (SSSR count). The van der Waals surface area contributed by atoms with Crippen molar-refractivity contribution in [2.24, 2.45) is 5.73 Å². The van der Waals surface area contributed by atoms with E-state index in [4.69, 9.17) is 10.8 Å². The SMILES string of the molecule is NC(=O)c1cc2ccccc2nc1-c1ccc(CO)nc1. The molecule has 0 aliphatic heterocycles. The third kappa shape index (κ3) is 2.46. The van der Waals surface area contributed by atoms with E-state index in [0.29, 0.717) is 22.5 Å². The molecule has 1 amide bonds. The molecule has 0 unspecified atom stereocenters. The number of para-hydroxylation sites is 1. The molecule has 0 spiro atoms. The number of pyridine rings is 2. The van der Waals surface area contributed by atoms with E-state index in [1.165, 1.54) is 0 Å². The first kappa shape index (κ1) is 13.2. The molecule has 3 N–H and O–H groups in total. The van der Waals surface area contributed by atoms with Crippen molar-refractivity contribution >= 4 is 16.8 Å². The van der Waals surface area contributed by atoms with Crippen molar-refractivity contribution in [1.82, 2.24) is 9.97 Å². The molecule has 2 heterocycles. The van der Waals surface area contributed by atoms with E-state index >= 15 is 0 Å². The summed E-state index contributed by atoms with van der Waals surface area (Å²) in [6.07, 6.45) is 1.58. The number of aliphatic hydroxyl groups is 1. The lowest BCUT2D eigenvalue weighted by molar-refractivity contribution is 0.100. The summed E-state index contributed by atoms with van der Waals surface area (Å²) < 4.78 is 0. The molecular weight excluding hydrogens is 266 g/mol. The summed E-state index contributed by atoms with van der Waals surface area (Å²) in [5.74, 6) is -0.533. The van der Waals surface area contributed by atoms with Gasteiger partial charge in [0.2, 0.25) is 0 Å². The van der Waals surface area contributed by atoms with Gasteiger partial charge < -0.3 is 10.8 Å². The topological polar surface area (TPSA) is 89.1 Å². The van der Waals surface area contributed by atoms with Crippen LogP contribution in [0.5, 0.6) is 0 Å². The highest BCUT2D eigenvalue weighted by atomic mass is 16.3. The van der Waals surface area contributed by atoms with E-state index in [9.17, 15) is 4.79 Å². The van der Waals surface area contributed by atoms with E-state index in [0.717, 1.165) is 10.9 Å². The van der Waals surface area contributed by atoms with Crippen molar-refractivity contribution in [3.8, 4) is 11.3 Å². The van der Waals surface area contributed by atoms with Crippen LogP contribution in [0.15, 0.2) is 48.7 Å². The number of carbonyl (C=O) groups excluding carboxylic acids is 1. The third-order valence-corrected chi connectivity index (χ3v) is 3.25. The minimum Gasteiger partial charge on any atom is -0.390 e. The van der Waals surface area contributed by atoms with Crippen molar-refractivity contribution in [2.45, 2.75) is 6.61 Å². The average molecular weight is 279 g/mol. The second kappa shape index (κ2) is 5.30. The van der Waals surface area contributed by atoms with Gasteiger partial charge in [-0.3, -0.25) is 9.78 Å². The minimum absolute atomic E-state index is 0.131. The number of aromatic nitrogens is 2. The molecule has 0 aliphatic rings. The number of aliphatic hydroxyl groups excluding tert-OH is 1. The number of carbonyl (C=O) groups is 1. The Balaban J connectivity index is 2.23. The van der Waals surface area contributed by atoms with Gasteiger partial charge in [-0.1, -0.05) is 18.2 Å². The van der Waals surface area contributed by atoms with E-state index in [-0.39, 0.29) is 6.61 Å². The Morgan fingerprint density at radius 2 is 2.00 bits per heavy atom. The average Bonchev–Trinajstić information content (AvgIpc) is 2.53. The summed E-state index contributed by atoms with van der Waals surface area (Å²) in [6, 6.07) is 12.7. The van der Waals surface area contributed by atoms with Crippen LogP contribution in [-0.4, -0.2) is 21.0 Å². The van der Waals surface area contributed by atoms with Crippen molar-refractivity contribution in [3.63, 3.8) is 0 Å². The number of primary amides is 1. The summed E-state index contributed by atoms with van der Waals surface area (Å²) in [5.41, 5.74) is 8.34. The number of benzene rings is 1. The molecule has 21 heavy (non-hydrogen) atoms. The monoisotopic (exact) mass is 279 g/mol. The number of nitrogens with zero attached hydrogens (tertiary/aromatic N) is 2. The summed E-state index contributed by atoms with van der Waals surface area (Å²) in [4.78, 5) is 20.3. The van der Waals surface area contributed by atoms with Gasteiger partial charge in [-0.2, -0.15) is 0 Å². The molecule has 0 bridgehead atoms. The van der Waals surface area contributed by atoms with Crippen LogP contribution in [-0.2, 0) is 6.61 Å². The highest BCUT2D eigenvalue weighted by Gasteiger charge is 2.13. The smallest absolute Gasteiger partial charge is 0.250 e. The summed E-state index contributed by atoms with van der Waals surface area (Å²) in [5, 5.41) is 9.89. The molecule has 5 nitrogen and oxygen atoms in total. The second-order valence-corrected chi connectivity index (χ2v) is 4.64. The number of fused-ring (bicyclic) bond motifs is 1. The maximum atomic E-state index is 11.7. The lowest BCUT2D eigenvalue weighted by Gasteiger charge is -2.08. The van der Waals surface area contributed by atoms with Crippen molar-refractivity contribution in [2.75, 3.05) is 0 Å². The molecule has 5 heteroatoms. The molecule has 1 aromatic carbocycles. The predicted octanol–water partition coefficient (Wildman–Crippen LogP) is 1.89. The van der Waals surface area contributed by atoms with Gasteiger partial charge in [0.15, 0.2) is 0 Å². The zero-order valence-electron chi connectivity index (χ0n) is 11.2. The molecule has 0 saturated heterocycles. The van der Waals surface area contributed by atoms with E-state index in [1.807, 2.05) is 24.3 Å². The quantitative estimate of drug-likeness (QED) is 0.766. The molecular formula is C16H13N3O2. The molecule has 3 aromatic rings. The zero-order chi connectivity index (χ0) is 14.8. The van der Waals surface area contributed by atoms with Crippen LogP contribution < -0.4 is 5.73 Å². The Kier molecular flexibility index (Phi) is 3.33. The molecule has 0 atom stereocenters. The number of hydrogen-bond acceptors (Lipinski definition) is 4. The van der Waals surface area contributed by atoms with Gasteiger partial charge in [-0.15, -0.1) is 0 Å². The first-order chi connectivity index (χ1) is 10.2. The highest BCUT2D eigenvalue weighted by Crippen LogP contribution is 2.25. The third-order valence-electron chi connectivity index (χ3n) is 3.25. The first-order valence-corrected chi connectivity index (χ1v) is 6.45. The van der Waals surface area contributed by atoms with Crippen LogP contribution in [0.3, 0.4) is 0 Å². The fourth-order valence-corrected chi connectivity index (χ4v) is 2.18. The second-order valence-electron chi connectivity index (χ2n) is 4.64. The van der Waals surface area contributed by atoms with Crippen molar-refractivity contribution < 1.29 is 9.90 Å². The van der Waals surface area contributed by atoms with Gasteiger partial charge in [0, 0.05) is 17.1 Å². The molecule has 0 fully saturated rings. The van der Waals surface area contributed by atoms with Crippen LogP contribution in [0, 0.1) is 0 Å². The van der Waals surface area contributed by atoms with Crippen LogP contribution in [0.4, 0.5) is 0 Å². The van der Waals surface area contributed by atoms with Gasteiger partial charge in [-0.25, -0.2) is 4.98 Å². The Bertz CT molecular complexity index is 813. The Morgan fingerprint density at radius 1 is 1.19 bits per heavy atom. The van der Waals surface area contributed by atoms with Crippen LogP contribution in [0.1, 0.15) is 16.1 Å². The maximum absolute atomic E-state index is 11.7. The van der Waals surface area contributed by atoms with E-state index in [2.05, 4.69) is 9.97 Å². The standard InChI is InChI=1S/C16H13N3O2/c17-16(21)13-7-10-3-1-2-4-14(10)19-15(13)11-5-6-12(9-20)18-8-11/h1-8,20H,9H2,(H2,17,21). The van der Waals surface area contributed by atoms with Crippen molar-refractivity contribution in [3.05, 3.63) is 59.9 Å². The Labute approximate surface area is 121 Å². The Hall–Kier alpha value is -2.79. The fraction of sp³-hybridized carbons (Fsp3) is 0.0625. The van der Waals surface area contributed by atoms with Crippen LogP contribution >= 0.6 is 0 Å². The number of hydrogen-bond donors (Lipinski definition) is 2. The Morgan fingerprint density at radius 3 is 2.67 bits per heavy atom. The lowest BCUT2D eigenvalue weighted by atomic mass is 10.0. The summed E-state index contributed by atoms with van der Waals surface area (Å²) >= 11 is 0. The van der Waals surface area contributed by atoms with Crippen LogP contribution in [0.2, 0.25) is 0 Å². The summed E-state index contributed by atoms with van der Waals surface area (Å²) in [6.45, 7) is -0.131. The predicted molar refractivity (Wildman–Crippen MR) is 79.4 cm³/mol. The first-order valence-electron chi connectivity index (χ1n) is 6.45. The van der Waals surface area contributed by atoms with Gasteiger partial charge >= 0.3 is 0 Å². The lowest BCUT2D eigenvalue weighted by Crippen LogP contribution is -2.13. The van der Waals surface area contributed by atoms with Gasteiger partial charge in [-0.05, 0) is 24.3 Å². The number of nitrogens with two attached hydrogens (primary N) is 1. The van der Waals surface area contributed by atoms with Gasteiger partial charge in [0.1, 0.15) is 0 Å². The van der Waals surface area contributed by atoms with E-state index in [1.54, 1.807) is 24.4 Å². The molecule has 0 saturated carbocycles. The van der Waals surface area contributed by atoms with E-state index < -0.39 is 5.91 Å². The normalized spacial score (nSPS) is 10.7. The largest absolute Gasteiger partial charge is 0.390 e. The summed E-state index contributed by atoms with van der Waals surface area (Å²) in [7, 11) is 0. The molecule has 0 aliphatic carbocycles. The molecule has 0 radical (unpaired) electrons. The highest BCUT2D eigenvalue weighted by molar-refractivity contribution is 6.02. The van der Waals surface area contributed by atoms with Crippen LogP contribution in [0.25, 0.3) is 22.2 Å². The zero-order valence-corrected chi connectivity index (χ0v) is 11.2. The van der Waals surface area contributed by atoms with Gasteiger partial charge in [0.05, 0.1) is 29.1 Å². The minimum atomic E-state index is -0.533. The fourth-order valence-electron chi connectivity index (χ4n) is 2.18.